The first-order chi connectivity index (χ1) is 14.4. The van der Waals surface area contributed by atoms with Crippen LogP contribution in [0.5, 0.6) is 0 Å². The molecule has 30 heavy (non-hydrogen) atoms. The van der Waals surface area contributed by atoms with Crippen LogP contribution in [-0.2, 0) is 4.74 Å². The Kier molecular flexibility index (Phi) is 6.06. The molecule has 1 saturated heterocycles. The van der Waals surface area contributed by atoms with Crippen LogP contribution in [0.1, 0.15) is 48.5 Å². The zero-order valence-electron chi connectivity index (χ0n) is 18.1. The van der Waals surface area contributed by atoms with Crippen molar-refractivity contribution in [1.82, 2.24) is 4.98 Å². The molecular formula is C24H29N3O2S. The van der Waals surface area contributed by atoms with Gasteiger partial charge in [-0.3, -0.25) is 9.69 Å². The van der Waals surface area contributed by atoms with Crippen molar-refractivity contribution in [3.05, 3.63) is 53.6 Å². The molecular weight excluding hydrogens is 394 g/mol. The first-order valence-electron chi connectivity index (χ1n) is 10.5. The molecule has 1 aliphatic heterocycles. The number of nitrogens with zero attached hydrogens (tertiary/aromatic N) is 3. The number of thiazole rings is 1. The Morgan fingerprint density at radius 1 is 1.20 bits per heavy atom. The van der Waals surface area contributed by atoms with Gasteiger partial charge in [0, 0.05) is 32.0 Å². The number of carbonyl (C=O) groups excluding carboxylic acids is 1. The van der Waals surface area contributed by atoms with Gasteiger partial charge in [0.1, 0.15) is 0 Å². The van der Waals surface area contributed by atoms with Crippen LogP contribution in [0.25, 0.3) is 10.2 Å². The summed E-state index contributed by atoms with van der Waals surface area (Å²) in [6, 6.07) is 14.0. The molecule has 1 fully saturated rings. The monoisotopic (exact) mass is 423 g/mol. The van der Waals surface area contributed by atoms with Gasteiger partial charge in [0.15, 0.2) is 5.13 Å². The Hall–Kier alpha value is -2.44. The van der Waals surface area contributed by atoms with Crippen LogP contribution in [0.15, 0.2) is 42.5 Å². The summed E-state index contributed by atoms with van der Waals surface area (Å²) >= 11 is 1.58. The number of rotatable bonds is 6. The lowest BCUT2D eigenvalue weighted by molar-refractivity contribution is 0.0917. The van der Waals surface area contributed by atoms with Crippen molar-refractivity contribution >= 4 is 38.3 Å². The quantitative estimate of drug-likeness (QED) is 0.539. The normalized spacial score (nSPS) is 16.4. The number of carbonyl (C=O) groups is 1. The molecule has 2 aromatic carbocycles. The molecule has 1 amide bonds. The highest BCUT2D eigenvalue weighted by Gasteiger charge is 2.27. The minimum atomic E-state index is -0.0269. The van der Waals surface area contributed by atoms with Crippen molar-refractivity contribution in [3.63, 3.8) is 0 Å². The molecule has 1 aromatic heterocycles. The van der Waals surface area contributed by atoms with Crippen molar-refractivity contribution in [2.24, 2.45) is 0 Å². The number of amides is 1. The fourth-order valence-electron chi connectivity index (χ4n) is 3.84. The van der Waals surface area contributed by atoms with Gasteiger partial charge in [-0.25, -0.2) is 4.98 Å². The molecule has 158 valence electrons. The summed E-state index contributed by atoms with van der Waals surface area (Å²) in [4.78, 5) is 22.3. The number of benzene rings is 2. The summed E-state index contributed by atoms with van der Waals surface area (Å²) in [6.45, 7) is 5.65. The highest BCUT2D eigenvalue weighted by atomic mass is 32.1. The molecule has 0 radical (unpaired) electrons. The predicted molar refractivity (Wildman–Crippen MR) is 125 cm³/mol. The van der Waals surface area contributed by atoms with Crippen LogP contribution in [-0.4, -0.2) is 44.2 Å². The molecule has 5 nitrogen and oxygen atoms in total. The molecule has 0 bridgehead atoms. The van der Waals surface area contributed by atoms with E-state index in [0.29, 0.717) is 18.0 Å². The van der Waals surface area contributed by atoms with E-state index in [4.69, 9.17) is 9.72 Å². The van der Waals surface area contributed by atoms with Gasteiger partial charge in [0.2, 0.25) is 0 Å². The van der Waals surface area contributed by atoms with Gasteiger partial charge in [-0.2, -0.15) is 0 Å². The van der Waals surface area contributed by atoms with Crippen LogP contribution in [0, 0.1) is 0 Å². The Morgan fingerprint density at radius 2 is 1.97 bits per heavy atom. The van der Waals surface area contributed by atoms with Crippen molar-refractivity contribution in [3.8, 4) is 0 Å². The summed E-state index contributed by atoms with van der Waals surface area (Å²) in [7, 11) is 3.99. The van der Waals surface area contributed by atoms with E-state index in [0.717, 1.165) is 40.5 Å². The van der Waals surface area contributed by atoms with Crippen LogP contribution in [0.4, 0.5) is 10.8 Å². The number of para-hydroxylation sites is 1. The second kappa shape index (κ2) is 8.74. The third-order valence-corrected chi connectivity index (χ3v) is 6.62. The number of hydrogen-bond acceptors (Lipinski definition) is 5. The van der Waals surface area contributed by atoms with Gasteiger partial charge < -0.3 is 9.64 Å². The SMILES string of the molecule is CC(C)c1cccc2sc(N(CC3CCCO3)C(=O)c3ccc(N(C)C)cc3)nc12. The fourth-order valence-corrected chi connectivity index (χ4v) is 4.85. The highest BCUT2D eigenvalue weighted by Crippen LogP contribution is 2.34. The van der Waals surface area contributed by atoms with Crippen molar-refractivity contribution in [2.45, 2.75) is 38.7 Å². The summed E-state index contributed by atoms with van der Waals surface area (Å²) in [5, 5.41) is 0.746. The predicted octanol–water partition coefficient (Wildman–Crippen LogP) is 5.31. The lowest BCUT2D eigenvalue weighted by Crippen LogP contribution is -2.37. The summed E-state index contributed by atoms with van der Waals surface area (Å²) in [5.74, 6) is 0.352. The van der Waals surface area contributed by atoms with E-state index in [1.807, 2.05) is 48.2 Å². The van der Waals surface area contributed by atoms with Gasteiger partial charge in [0.05, 0.1) is 22.9 Å². The summed E-state index contributed by atoms with van der Waals surface area (Å²) in [5.41, 5.74) is 3.95. The van der Waals surface area contributed by atoms with Crippen LogP contribution in [0.3, 0.4) is 0 Å². The van der Waals surface area contributed by atoms with Crippen LogP contribution in [0.2, 0.25) is 0 Å². The summed E-state index contributed by atoms with van der Waals surface area (Å²) < 4.78 is 6.97. The lowest BCUT2D eigenvalue weighted by Gasteiger charge is -2.23. The largest absolute Gasteiger partial charge is 0.378 e. The molecule has 0 saturated carbocycles. The maximum absolute atomic E-state index is 13.5. The van der Waals surface area contributed by atoms with E-state index in [-0.39, 0.29) is 12.0 Å². The molecule has 4 rings (SSSR count). The molecule has 6 heteroatoms. The van der Waals surface area contributed by atoms with Gasteiger partial charge in [-0.15, -0.1) is 0 Å². The maximum atomic E-state index is 13.5. The fraction of sp³-hybridized carbons (Fsp3) is 0.417. The third-order valence-electron chi connectivity index (χ3n) is 5.58. The third kappa shape index (κ3) is 4.20. The molecule has 0 spiro atoms. The number of anilines is 2. The first kappa shape index (κ1) is 20.8. The van der Waals surface area contributed by atoms with E-state index < -0.39 is 0 Å². The Morgan fingerprint density at radius 3 is 2.60 bits per heavy atom. The smallest absolute Gasteiger partial charge is 0.260 e. The molecule has 0 aliphatic carbocycles. The van der Waals surface area contributed by atoms with Crippen LogP contribution < -0.4 is 9.80 Å². The number of aromatic nitrogens is 1. The Bertz CT molecular complexity index is 1020. The van der Waals surface area contributed by atoms with Crippen LogP contribution >= 0.6 is 11.3 Å². The average Bonchev–Trinajstić information content (AvgIpc) is 3.40. The average molecular weight is 424 g/mol. The number of fused-ring (bicyclic) bond motifs is 1. The highest BCUT2D eigenvalue weighted by molar-refractivity contribution is 7.22. The molecule has 0 N–H and O–H groups in total. The standard InChI is InChI=1S/C24H29N3O2S/c1-16(2)20-8-5-9-21-22(20)25-24(30-21)27(15-19-7-6-14-29-19)23(28)17-10-12-18(13-11-17)26(3)4/h5,8-13,16,19H,6-7,14-15H2,1-4H3. The maximum Gasteiger partial charge on any atom is 0.260 e. The molecule has 3 aromatic rings. The molecule has 1 atom stereocenters. The van der Waals surface area contributed by atoms with E-state index in [1.165, 1.54) is 5.56 Å². The zero-order valence-corrected chi connectivity index (χ0v) is 18.9. The first-order valence-corrected chi connectivity index (χ1v) is 11.4. The Labute approximate surface area is 182 Å². The second-order valence-corrected chi connectivity index (χ2v) is 9.35. The number of hydrogen-bond donors (Lipinski definition) is 0. The number of ether oxygens (including phenoxy) is 1. The second-order valence-electron chi connectivity index (χ2n) is 8.34. The van der Waals surface area contributed by atoms with Crippen molar-refractivity contribution in [1.29, 1.82) is 0 Å². The zero-order chi connectivity index (χ0) is 21.3. The van der Waals surface area contributed by atoms with Gasteiger partial charge in [0.25, 0.3) is 5.91 Å². The minimum Gasteiger partial charge on any atom is -0.378 e. The minimum absolute atomic E-state index is 0.0269. The molecule has 1 unspecified atom stereocenters. The van der Waals surface area contributed by atoms with Gasteiger partial charge in [-0.1, -0.05) is 37.3 Å². The lowest BCUT2D eigenvalue weighted by atomic mass is 10.0. The van der Waals surface area contributed by atoms with E-state index in [1.54, 1.807) is 11.3 Å². The van der Waals surface area contributed by atoms with E-state index in [2.05, 4.69) is 32.0 Å². The van der Waals surface area contributed by atoms with E-state index >= 15 is 0 Å². The van der Waals surface area contributed by atoms with Crippen molar-refractivity contribution < 1.29 is 9.53 Å². The molecule has 1 aliphatic rings. The summed E-state index contributed by atoms with van der Waals surface area (Å²) in [6.07, 6.45) is 2.08. The topological polar surface area (TPSA) is 45.7 Å². The van der Waals surface area contributed by atoms with Gasteiger partial charge >= 0.3 is 0 Å². The molecule has 2 heterocycles. The Balaban J connectivity index is 1.71. The van der Waals surface area contributed by atoms with E-state index in [9.17, 15) is 4.79 Å². The van der Waals surface area contributed by atoms with Crippen molar-refractivity contribution in [2.75, 3.05) is 37.0 Å². The van der Waals surface area contributed by atoms with Gasteiger partial charge in [-0.05, 0) is 54.7 Å².